The lowest BCUT2D eigenvalue weighted by Gasteiger charge is -2.34. The highest BCUT2D eigenvalue weighted by molar-refractivity contribution is 7.90. The third-order valence-corrected chi connectivity index (χ3v) is 7.45. The van der Waals surface area contributed by atoms with Gasteiger partial charge in [-0.25, -0.2) is 17.1 Å². The third kappa shape index (κ3) is 3.98. The van der Waals surface area contributed by atoms with E-state index in [0.29, 0.717) is 19.0 Å². The van der Waals surface area contributed by atoms with E-state index in [1.165, 1.54) is 12.1 Å². The zero-order chi connectivity index (χ0) is 17.3. The predicted octanol–water partition coefficient (Wildman–Crippen LogP) is 2.85. The van der Waals surface area contributed by atoms with Crippen molar-refractivity contribution in [1.82, 2.24) is 9.21 Å². The van der Waals surface area contributed by atoms with Gasteiger partial charge in [0.1, 0.15) is 5.82 Å². The minimum absolute atomic E-state index is 0.144. The summed E-state index contributed by atoms with van der Waals surface area (Å²) >= 11 is 0. The molecule has 1 heterocycles. The summed E-state index contributed by atoms with van der Waals surface area (Å²) in [6, 6.07) is 6.79. The van der Waals surface area contributed by atoms with Crippen molar-refractivity contribution in [2.45, 2.75) is 50.9 Å². The van der Waals surface area contributed by atoms with Gasteiger partial charge in [-0.15, -0.1) is 0 Å². The van der Waals surface area contributed by atoms with E-state index < -0.39 is 10.0 Å². The van der Waals surface area contributed by atoms with E-state index in [9.17, 15) is 12.8 Å². The molecular formula is C18H27FN2O2S. The highest BCUT2D eigenvalue weighted by Crippen LogP contribution is 2.32. The van der Waals surface area contributed by atoms with Gasteiger partial charge in [-0.2, -0.15) is 0 Å². The third-order valence-electron chi connectivity index (χ3n) is 5.09. The molecule has 1 unspecified atom stereocenters. The van der Waals surface area contributed by atoms with Crippen molar-refractivity contribution in [3.63, 3.8) is 0 Å². The molecule has 0 bridgehead atoms. The predicted molar refractivity (Wildman–Crippen MR) is 93.6 cm³/mol. The number of sulfonamides is 1. The Morgan fingerprint density at radius 2 is 1.83 bits per heavy atom. The Bertz CT molecular complexity index is 656. The summed E-state index contributed by atoms with van der Waals surface area (Å²) in [5, 5.41) is -0.144. The molecule has 0 aromatic heterocycles. The molecular weight excluding hydrogens is 327 g/mol. The van der Waals surface area contributed by atoms with Crippen LogP contribution in [0.15, 0.2) is 24.3 Å². The molecule has 24 heavy (non-hydrogen) atoms. The Kier molecular flexibility index (Phi) is 5.27. The fourth-order valence-corrected chi connectivity index (χ4v) is 5.39. The summed E-state index contributed by atoms with van der Waals surface area (Å²) < 4.78 is 40.1. The first kappa shape index (κ1) is 17.8. The fourth-order valence-electron chi connectivity index (χ4n) is 3.49. The van der Waals surface area contributed by atoms with Crippen LogP contribution in [0.4, 0.5) is 4.39 Å². The molecule has 134 valence electrons. The van der Waals surface area contributed by atoms with Crippen molar-refractivity contribution in [2.75, 3.05) is 19.6 Å². The lowest BCUT2D eigenvalue weighted by atomic mass is 10.0. The zero-order valence-corrected chi connectivity index (χ0v) is 15.3. The summed E-state index contributed by atoms with van der Waals surface area (Å²) in [4.78, 5) is 2.36. The summed E-state index contributed by atoms with van der Waals surface area (Å²) in [5.74, 6) is 0.136. The minimum Gasteiger partial charge on any atom is -0.295 e. The average molecular weight is 354 g/mol. The minimum atomic E-state index is -3.12. The Labute approximate surface area is 144 Å². The van der Waals surface area contributed by atoms with Crippen LogP contribution in [0.2, 0.25) is 0 Å². The SMILES string of the molecule is CC(C)C1CN(S(=O)(=O)C2CC2)CCCN1Cc1ccc(F)cc1. The molecule has 1 aromatic rings. The Hall–Kier alpha value is -0.980. The van der Waals surface area contributed by atoms with Gasteiger partial charge in [-0.3, -0.25) is 4.90 Å². The molecule has 0 radical (unpaired) electrons. The van der Waals surface area contributed by atoms with Crippen molar-refractivity contribution < 1.29 is 12.8 Å². The number of hydrogen-bond acceptors (Lipinski definition) is 3. The lowest BCUT2D eigenvalue weighted by molar-refractivity contribution is 0.149. The molecule has 2 aliphatic rings. The molecule has 1 aromatic carbocycles. The van der Waals surface area contributed by atoms with Crippen LogP contribution in [0.5, 0.6) is 0 Å². The monoisotopic (exact) mass is 354 g/mol. The van der Waals surface area contributed by atoms with Crippen molar-refractivity contribution >= 4 is 10.0 Å². The summed E-state index contributed by atoms with van der Waals surface area (Å²) in [6.07, 6.45) is 2.46. The van der Waals surface area contributed by atoms with E-state index in [-0.39, 0.29) is 17.1 Å². The van der Waals surface area contributed by atoms with Crippen LogP contribution in [0.25, 0.3) is 0 Å². The Morgan fingerprint density at radius 3 is 2.42 bits per heavy atom. The molecule has 2 fully saturated rings. The van der Waals surface area contributed by atoms with Crippen molar-refractivity contribution in [2.24, 2.45) is 5.92 Å². The van der Waals surface area contributed by atoms with Gasteiger partial charge in [0.15, 0.2) is 0 Å². The van der Waals surface area contributed by atoms with Crippen molar-refractivity contribution in [3.8, 4) is 0 Å². The van der Waals surface area contributed by atoms with E-state index in [2.05, 4.69) is 18.7 Å². The molecule has 3 rings (SSSR count). The first-order chi connectivity index (χ1) is 11.4. The van der Waals surface area contributed by atoms with Gasteiger partial charge in [0.05, 0.1) is 5.25 Å². The van der Waals surface area contributed by atoms with Crippen molar-refractivity contribution in [3.05, 3.63) is 35.6 Å². The Morgan fingerprint density at radius 1 is 1.17 bits per heavy atom. The molecule has 4 nitrogen and oxygen atoms in total. The van der Waals surface area contributed by atoms with Gasteiger partial charge in [0, 0.05) is 32.2 Å². The van der Waals surface area contributed by atoms with Gasteiger partial charge in [0.25, 0.3) is 0 Å². The van der Waals surface area contributed by atoms with Crippen LogP contribution >= 0.6 is 0 Å². The number of rotatable bonds is 5. The smallest absolute Gasteiger partial charge is 0.217 e. The maximum atomic E-state index is 13.1. The molecule has 1 saturated carbocycles. The molecule has 1 atom stereocenters. The molecule has 1 saturated heterocycles. The van der Waals surface area contributed by atoms with E-state index >= 15 is 0 Å². The topological polar surface area (TPSA) is 40.6 Å². The molecule has 0 spiro atoms. The molecule has 6 heteroatoms. The number of hydrogen-bond donors (Lipinski definition) is 0. The second-order valence-electron chi connectivity index (χ2n) is 7.36. The maximum Gasteiger partial charge on any atom is 0.217 e. The quantitative estimate of drug-likeness (QED) is 0.816. The standard InChI is InChI=1S/C18H27FN2O2S/c1-14(2)18-13-21(24(22,23)17-8-9-17)11-3-10-20(18)12-15-4-6-16(19)7-5-15/h4-7,14,17-18H,3,8-13H2,1-2H3. The van der Waals surface area contributed by atoms with E-state index in [1.807, 2.05) is 12.1 Å². The largest absolute Gasteiger partial charge is 0.295 e. The van der Waals surface area contributed by atoms with E-state index in [1.54, 1.807) is 4.31 Å². The van der Waals surface area contributed by atoms with Gasteiger partial charge in [0.2, 0.25) is 10.0 Å². The first-order valence-electron chi connectivity index (χ1n) is 8.85. The first-order valence-corrected chi connectivity index (χ1v) is 10.4. The van der Waals surface area contributed by atoms with Gasteiger partial charge in [-0.1, -0.05) is 26.0 Å². The molecule has 1 aliphatic heterocycles. The summed E-state index contributed by atoms with van der Waals surface area (Å²) in [6.45, 7) is 7.09. The van der Waals surface area contributed by atoms with Crippen LogP contribution in [0, 0.1) is 11.7 Å². The number of nitrogens with zero attached hydrogens (tertiary/aromatic N) is 2. The number of halogens is 1. The van der Waals surface area contributed by atoms with Gasteiger partial charge >= 0.3 is 0 Å². The van der Waals surface area contributed by atoms with Gasteiger partial charge in [-0.05, 0) is 42.9 Å². The summed E-state index contributed by atoms with van der Waals surface area (Å²) in [5.41, 5.74) is 1.07. The number of benzene rings is 1. The van der Waals surface area contributed by atoms with Crippen LogP contribution in [0.1, 0.15) is 38.7 Å². The average Bonchev–Trinajstić information content (AvgIpc) is 3.36. The second kappa shape index (κ2) is 7.10. The van der Waals surface area contributed by atoms with Crippen LogP contribution in [-0.4, -0.2) is 48.5 Å². The maximum absolute atomic E-state index is 13.1. The normalized spacial score (nSPS) is 24.2. The Balaban J connectivity index is 1.76. The van der Waals surface area contributed by atoms with Crippen LogP contribution < -0.4 is 0 Å². The van der Waals surface area contributed by atoms with Crippen LogP contribution in [0.3, 0.4) is 0 Å². The fraction of sp³-hybridized carbons (Fsp3) is 0.667. The second-order valence-corrected chi connectivity index (χ2v) is 9.58. The van der Waals surface area contributed by atoms with Crippen LogP contribution in [-0.2, 0) is 16.6 Å². The lowest BCUT2D eigenvalue weighted by Crippen LogP contribution is -2.46. The molecule has 0 N–H and O–H groups in total. The van der Waals surface area contributed by atoms with Gasteiger partial charge < -0.3 is 0 Å². The van der Waals surface area contributed by atoms with E-state index in [4.69, 9.17) is 0 Å². The molecule has 1 aliphatic carbocycles. The van der Waals surface area contributed by atoms with E-state index in [0.717, 1.165) is 37.9 Å². The van der Waals surface area contributed by atoms with Crippen molar-refractivity contribution in [1.29, 1.82) is 0 Å². The summed E-state index contributed by atoms with van der Waals surface area (Å²) in [7, 11) is -3.12. The highest BCUT2D eigenvalue weighted by atomic mass is 32.2. The molecule has 0 amide bonds. The highest BCUT2D eigenvalue weighted by Gasteiger charge is 2.42. The zero-order valence-electron chi connectivity index (χ0n) is 14.5.